The van der Waals surface area contributed by atoms with Gasteiger partial charge in [0.1, 0.15) is 5.60 Å². The van der Waals surface area contributed by atoms with Crippen LogP contribution in [0.25, 0.3) is 0 Å². The molecular formula is C20H30N2O3. The number of carbonyl (C=O) groups excluding carboxylic acids is 1. The van der Waals surface area contributed by atoms with Gasteiger partial charge in [0.05, 0.1) is 6.10 Å². The van der Waals surface area contributed by atoms with Crippen molar-refractivity contribution >= 4 is 11.8 Å². The van der Waals surface area contributed by atoms with Crippen molar-refractivity contribution in [2.75, 3.05) is 5.32 Å². The topological polar surface area (TPSA) is 61.8 Å². The molecule has 2 saturated heterocycles. The molecular weight excluding hydrogens is 316 g/mol. The Kier molecular flexibility index (Phi) is 4.96. The van der Waals surface area contributed by atoms with E-state index in [1.165, 1.54) is 0 Å². The molecule has 2 N–H and O–H groups in total. The van der Waals surface area contributed by atoms with E-state index in [9.17, 15) is 9.90 Å². The van der Waals surface area contributed by atoms with E-state index in [2.05, 4.69) is 5.32 Å². The van der Waals surface area contributed by atoms with Gasteiger partial charge in [-0.3, -0.25) is 0 Å². The third-order valence-corrected chi connectivity index (χ3v) is 5.08. The molecule has 2 aliphatic rings. The zero-order valence-corrected chi connectivity index (χ0v) is 15.7. The molecule has 0 radical (unpaired) electrons. The van der Waals surface area contributed by atoms with Gasteiger partial charge in [-0.15, -0.1) is 0 Å². The van der Waals surface area contributed by atoms with Gasteiger partial charge >= 0.3 is 6.09 Å². The van der Waals surface area contributed by atoms with Crippen molar-refractivity contribution in [3.8, 4) is 0 Å². The number of benzene rings is 1. The van der Waals surface area contributed by atoms with Crippen molar-refractivity contribution in [2.45, 2.75) is 83.2 Å². The molecule has 5 heteroatoms. The van der Waals surface area contributed by atoms with Crippen LogP contribution in [0.1, 0.15) is 65.0 Å². The van der Waals surface area contributed by atoms with Crippen LogP contribution in [0.3, 0.4) is 0 Å². The second-order valence-electron chi connectivity index (χ2n) is 8.39. The minimum absolute atomic E-state index is 0.172. The lowest BCUT2D eigenvalue weighted by Gasteiger charge is -2.40. The van der Waals surface area contributed by atoms with Crippen LogP contribution in [0.4, 0.5) is 10.5 Å². The van der Waals surface area contributed by atoms with E-state index < -0.39 is 11.7 Å². The second kappa shape index (κ2) is 6.87. The number of aliphatic hydroxyl groups excluding tert-OH is 1. The highest BCUT2D eigenvalue weighted by Gasteiger charge is 2.44. The van der Waals surface area contributed by atoms with Crippen LogP contribution in [0.5, 0.6) is 0 Å². The van der Waals surface area contributed by atoms with E-state index in [0.29, 0.717) is 6.04 Å². The summed E-state index contributed by atoms with van der Waals surface area (Å²) in [5.41, 5.74) is 1.50. The van der Waals surface area contributed by atoms with Gasteiger partial charge in [0, 0.05) is 23.8 Å². The van der Waals surface area contributed by atoms with E-state index in [-0.39, 0.29) is 18.2 Å². The minimum atomic E-state index is -0.466. The van der Waals surface area contributed by atoms with Crippen molar-refractivity contribution in [3.05, 3.63) is 29.8 Å². The summed E-state index contributed by atoms with van der Waals surface area (Å²) in [6, 6.07) is 8.80. The van der Waals surface area contributed by atoms with Crippen LogP contribution in [0.2, 0.25) is 0 Å². The number of hydrogen-bond donors (Lipinski definition) is 2. The number of rotatable bonds is 3. The van der Waals surface area contributed by atoms with E-state index in [4.69, 9.17) is 4.74 Å². The summed E-state index contributed by atoms with van der Waals surface area (Å²) >= 11 is 0. The maximum atomic E-state index is 12.5. The highest BCUT2D eigenvalue weighted by atomic mass is 16.6. The smallest absolute Gasteiger partial charge is 0.410 e. The molecule has 3 atom stereocenters. The van der Waals surface area contributed by atoms with Gasteiger partial charge in [-0.2, -0.15) is 0 Å². The number of fused-ring (bicyclic) bond motifs is 2. The number of anilines is 1. The van der Waals surface area contributed by atoms with Gasteiger partial charge in [0.15, 0.2) is 0 Å². The number of hydrogen-bond acceptors (Lipinski definition) is 4. The van der Waals surface area contributed by atoms with Gasteiger partial charge in [0.25, 0.3) is 0 Å². The number of aliphatic hydroxyl groups is 1. The standard InChI is InChI=1S/C20H30N2O3/c1-13(23)14-6-5-7-15(10-14)21-16-11-17-8-9-18(12-16)22(17)19(24)25-20(2,3)4/h5-7,10,13,16-18,21,23H,8-9,11-12H2,1-4H3. The van der Waals surface area contributed by atoms with Crippen molar-refractivity contribution in [2.24, 2.45) is 0 Å². The third-order valence-electron chi connectivity index (χ3n) is 5.08. The molecule has 1 amide bonds. The lowest BCUT2D eigenvalue weighted by molar-refractivity contribution is 0.00683. The molecule has 2 bridgehead atoms. The highest BCUT2D eigenvalue weighted by molar-refractivity contribution is 5.69. The molecule has 0 aliphatic carbocycles. The fourth-order valence-electron chi connectivity index (χ4n) is 4.03. The Bertz CT molecular complexity index is 610. The molecule has 3 rings (SSSR count). The number of amides is 1. The predicted molar refractivity (Wildman–Crippen MR) is 98.6 cm³/mol. The normalized spacial score (nSPS) is 27.1. The summed E-state index contributed by atoms with van der Waals surface area (Å²) in [4.78, 5) is 14.5. The Hall–Kier alpha value is -1.75. The molecule has 1 aromatic carbocycles. The van der Waals surface area contributed by atoms with Crippen molar-refractivity contribution in [1.29, 1.82) is 0 Å². The highest BCUT2D eigenvalue weighted by Crippen LogP contribution is 2.38. The zero-order valence-electron chi connectivity index (χ0n) is 15.7. The molecule has 3 unspecified atom stereocenters. The van der Waals surface area contributed by atoms with Crippen LogP contribution in [0.15, 0.2) is 24.3 Å². The van der Waals surface area contributed by atoms with Crippen LogP contribution in [-0.2, 0) is 4.74 Å². The maximum Gasteiger partial charge on any atom is 0.410 e. The number of carbonyl (C=O) groups is 1. The largest absolute Gasteiger partial charge is 0.444 e. The number of nitrogens with one attached hydrogen (secondary N) is 1. The molecule has 0 aromatic heterocycles. The molecule has 1 aromatic rings. The van der Waals surface area contributed by atoms with Crippen molar-refractivity contribution in [1.82, 2.24) is 4.90 Å². The Morgan fingerprint density at radius 3 is 2.48 bits per heavy atom. The first-order valence-corrected chi connectivity index (χ1v) is 9.29. The first kappa shape index (κ1) is 18.1. The fourth-order valence-corrected chi connectivity index (χ4v) is 4.03. The lowest BCUT2D eigenvalue weighted by atomic mass is 9.97. The summed E-state index contributed by atoms with van der Waals surface area (Å²) in [6.45, 7) is 7.52. The summed E-state index contributed by atoms with van der Waals surface area (Å²) in [6.07, 6.45) is 3.34. The van der Waals surface area contributed by atoms with Gasteiger partial charge in [-0.05, 0) is 71.1 Å². The summed E-state index contributed by atoms with van der Waals surface area (Å²) in [5.74, 6) is 0. The van der Waals surface area contributed by atoms with Crippen LogP contribution in [-0.4, -0.2) is 39.8 Å². The average molecular weight is 346 g/mol. The van der Waals surface area contributed by atoms with Crippen molar-refractivity contribution in [3.63, 3.8) is 0 Å². The molecule has 138 valence electrons. The minimum Gasteiger partial charge on any atom is -0.444 e. The SMILES string of the molecule is CC(O)c1cccc(NC2CC3CCC(C2)N3C(=O)OC(C)(C)C)c1. The Morgan fingerprint density at radius 1 is 1.28 bits per heavy atom. The average Bonchev–Trinajstić information content (AvgIpc) is 2.77. The number of ether oxygens (including phenoxy) is 1. The fraction of sp³-hybridized carbons (Fsp3) is 0.650. The lowest BCUT2D eigenvalue weighted by Crippen LogP contribution is -2.51. The predicted octanol–water partition coefficient (Wildman–Crippen LogP) is 4.08. The Labute approximate surface area is 150 Å². The van der Waals surface area contributed by atoms with E-state index in [1.807, 2.05) is 49.9 Å². The van der Waals surface area contributed by atoms with E-state index >= 15 is 0 Å². The van der Waals surface area contributed by atoms with Gasteiger partial charge in [-0.1, -0.05) is 12.1 Å². The number of nitrogens with zero attached hydrogens (tertiary/aromatic N) is 1. The summed E-state index contributed by atoms with van der Waals surface area (Å²) in [5, 5.41) is 13.3. The maximum absolute atomic E-state index is 12.5. The molecule has 5 nitrogen and oxygen atoms in total. The van der Waals surface area contributed by atoms with Crippen LogP contribution >= 0.6 is 0 Å². The third kappa shape index (κ3) is 4.27. The summed E-state index contributed by atoms with van der Waals surface area (Å²) in [7, 11) is 0. The molecule has 0 spiro atoms. The van der Waals surface area contributed by atoms with Gasteiger partial charge < -0.3 is 20.1 Å². The first-order valence-electron chi connectivity index (χ1n) is 9.29. The van der Waals surface area contributed by atoms with Gasteiger partial charge in [-0.25, -0.2) is 4.79 Å². The molecule has 2 fully saturated rings. The van der Waals surface area contributed by atoms with E-state index in [1.54, 1.807) is 6.92 Å². The van der Waals surface area contributed by atoms with Crippen molar-refractivity contribution < 1.29 is 14.6 Å². The summed E-state index contributed by atoms with van der Waals surface area (Å²) < 4.78 is 5.59. The van der Waals surface area contributed by atoms with E-state index in [0.717, 1.165) is 36.9 Å². The second-order valence-corrected chi connectivity index (χ2v) is 8.39. The molecule has 2 aliphatic heterocycles. The van der Waals surface area contributed by atoms with Gasteiger partial charge in [0.2, 0.25) is 0 Å². The molecule has 25 heavy (non-hydrogen) atoms. The quantitative estimate of drug-likeness (QED) is 0.865. The Balaban J connectivity index is 1.64. The Morgan fingerprint density at radius 2 is 1.92 bits per heavy atom. The number of piperidine rings is 1. The molecule has 0 saturated carbocycles. The zero-order chi connectivity index (χ0) is 18.2. The molecule has 2 heterocycles. The van der Waals surface area contributed by atoms with Crippen LogP contribution in [0, 0.1) is 0 Å². The van der Waals surface area contributed by atoms with Crippen LogP contribution < -0.4 is 5.32 Å². The first-order chi connectivity index (χ1) is 11.7. The monoisotopic (exact) mass is 346 g/mol.